The molecule has 0 bridgehead atoms. The number of aromatic nitrogens is 1. The molecule has 40 heavy (non-hydrogen) atoms. The van der Waals surface area contributed by atoms with Crippen molar-refractivity contribution in [2.24, 2.45) is 0 Å². The van der Waals surface area contributed by atoms with Crippen molar-refractivity contribution in [3.8, 4) is 11.1 Å². The van der Waals surface area contributed by atoms with Crippen LogP contribution >= 0.6 is 11.6 Å². The monoisotopic (exact) mass is 561 g/mol. The maximum absolute atomic E-state index is 13.3. The molecule has 10 heteroatoms. The van der Waals surface area contributed by atoms with Crippen LogP contribution in [0.4, 0.5) is 0 Å². The largest absolute Gasteiger partial charge is 0.388 e. The van der Waals surface area contributed by atoms with Crippen LogP contribution in [-0.4, -0.2) is 87.2 Å². The Balaban J connectivity index is 1.07. The molecule has 0 spiro atoms. The molecule has 2 aromatic carbocycles. The molecule has 2 fully saturated rings. The third-order valence-corrected chi connectivity index (χ3v) is 8.52. The lowest BCUT2D eigenvalue weighted by molar-refractivity contribution is -0.0369. The number of hydrogen-bond acceptors (Lipinski definition) is 5. The quantitative estimate of drug-likeness (QED) is 0.495. The highest BCUT2D eigenvalue weighted by Crippen LogP contribution is 2.31. The second-order valence-electron chi connectivity index (χ2n) is 10.9. The SMILES string of the molecule is O=C(c1ccc(-c2ccc(C(=O)N3CCC(O)(CN4CNn5cccc5C4=O)CC3)cc2Cl)cc1)N1CCCC1. The number of fused-ring (bicyclic) bond motifs is 1. The van der Waals surface area contributed by atoms with Crippen LogP contribution in [0.2, 0.25) is 5.02 Å². The molecular formula is C30H32ClN5O4. The molecule has 3 amide bonds. The summed E-state index contributed by atoms with van der Waals surface area (Å²) in [6.07, 6.45) is 4.64. The Bertz CT molecular complexity index is 1440. The van der Waals surface area contributed by atoms with E-state index in [-0.39, 0.29) is 24.3 Å². The zero-order chi connectivity index (χ0) is 27.9. The summed E-state index contributed by atoms with van der Waals surface area (Å²) in [6, 6.07) is 16.2. The van der Waals surface area contributed by atoms with Crippen LogP contribution in [0, 0.1) is 0 Å². The minimum atomic E-state index is -1.06. The van der Waals surface area contributed by atoms with Gasteiger partial charge in [0.2, 0.25) is 0 Å². The Hall–Kier alpha value is -3.82. The van der Waals surface area contributed by atoms with Gasteiger partial charge in [-0.2, -0.15) is 0 Å². The smallest absolute Gasteiger partial charge is 0.273 e. The van der Waals surface area contributed by atoms with Gasteiger partial charge in [-0.15, -0.1) is 0 Å². The van der Waals surface area contributed by atoms with Crippen LogP contribution in [0.1, 0.15) is 56.9 Å². The number of piperidine rings is 1. The zero-order valence-electron chi connectivity index (χ0n) is 22.2. The van der Waals surface area contributed by atoms with Crippen molar-refractivity contribution in [3.63, 3.8) is 0 Å². The van der Waals surface area contributed by atoms with Gasteiger partial charge in [0.15, 0.2) is 0 Å². The number of carbonyl (C=O) groups excluding carboxylic acids is 3. The Labute approximate surface area is 237 Å². The van der Waals surface area contributed by atoms with Crippen LogP contribution in [0.15, 0.2) is 60.8 Å². The van der Waals surface area contributed by atoms with Crippen molar-refractivity contribution in [1.82, 2.24) is 19.4 Å². The molecular weight excluding hydrogens is 530 g/mol. The van der Waals surface area contributed by atoms with Crippen LogP contribution in [0.5, 0.6) is 0 Å². The fourth-order valence-corrected chi connectivity index (χ4v) is 6.11. The van der Waals surface area contributed by atoms with Crippen LogP contribution in [0.3, 0.4) is 0 Å². The topological polar surface area (TPSA) is 98.1 Å². The molecule has 2 N–H and O–H groups in total. The highest BCUT2D eigenvalue weighted by Gasteiger charge is 2.38. The zero-order valence-corrected chi connectivity index (χ0v) is 22.9. The van der Waals surface area contributed by atoms with E-state index in [0.29, 0.717) is 54.4 Å². The molecule has 9 nitrogen and oxygen atoms in total. The lowest BCUT2D eigenvalue weighted by Gasteiger charge is -2.42. The standard InChI is InChI=1S/C30H32ClN5O4/c31-25-18-23(9-10-24(25)21-5-7-22(8-6-21)27(37)33-13-1-2-14-33)28(38)34-16-11-30(40,12-17-34)19-35-20-32-36-15-3-4-26(36)29(35)39/h3-10,15,18,32,40H,1-2,11-14,16-17,19-20H2. The summed E-state index contributed by atoms with van der Waals surface area (Å²) in [6.45, 7) is 2.90. The van der Waals surface area contributed by atoms with Gasteiger partial charge in [-0.1, -0.05) is 29.8 Å². The van der Waals surface area contributed by atoms with Crippen molar-refractivity contribution >= 4 is 29.3 Å². The number of nitrogens with zero attached hydrogens (tertiary/aromatic N) is 4. The molecule has 4 heterocycles. The van der Waals surface area contributed by atoms with E-state index in [4.69, 9.17) is 11.6 Å². The van der Waals surface area contributed by atoms with Crippen molar-refractivity contribution in [1.29, 1.82) is 0 Å². The van der Waals surface area contributed by atoms with E-state index in [1.807, 2.05) is 35.2 Å². The highest BCUT2D eigenvalue weighted by atomic mass is 35.5. The summed E-state index contributed by atoms with van der Waals surface area (Å²) < 4.78 is 1.69. The maximum Gasteiger partial charge on any atom is 0.273 e. The number of aliphatic hydroxyl groups is 1. The second kappa shape index (κ2) is 10.6. The Kier molecular flexibility index (Phi) is 7.02. The van der Waals surface area contributed by atoms with Gasteiger partial charge in [0, 0.05) is 54.1 Å². The molecule has 1 aromatic heterocycles. The average Bonchev–Trinajstić information content (AvgIpc) is 3.68. The Morgan fingerprint density at radius 1 is 0.900 bits per heavy atom. The number of benzene rings is 2. The van der Waals surface area contributed by atoms with Gasteiger partial charge in [0.1, 0.15) is 12.4 Å². The van der Waals surface area contributed by atoms with Gasteiger partial charge >= 0.3 is 0 Å². The average molecular weight is 562 g/mol. The van der Waals surface area contributed by atoms with Crippen molar-refractivity contribution in [3.05, 3.63) is 82.6 Å². The van der Waals surface area contributed by atoms with Crippen molar-refractivity contribution < 1.29 is 19.5 Å². The van der Waals surface area contributed by atoms with Gasteiger partial charge in [-0.05, 0) is 67.6 Å². The normalized spacial score (nSPS) is 18.4. The Morgan fingerprint density at radius 3 is 2.25 bits per heavy atom. The molecule has 0 saturated carbocycles. The van der Waals surface area contributed by atoms with Crippen molar-refractivity contribution in [2.75, 3.05) is 44.8 Å². The number of amides is 3. The first-order chi connectivity index (χ1) is 19.3. The molecule has 2 saturated heterocycles. The predicted octanol–water partition coefficient (Wildman–Crippen LogP) is 3.67. The number of β-amino-alcohol motifs (C(OH)–C–C–N with tert-alkyl or cyclic N) is 1. The van der Waals surface area contributed by atoms with E-state index in [2.05, 4.69) is 5.43 Å². The van der Waals surface area contributed by atoms with Gasteiger partial charge in [0.05, 0.1) is 12.1 Å². The minimum Gasteiger partial charge on any atom is -0.388 e. The molecule has 6 rings (SSSR count). The molecule has 208 valence electrons. The van der Waals surface area contributed by atoms with E-state index in [0.717, 1.165) is 37.1 Å². The minimum absolute atomic E-state index is 0.0545. The second-order valence-corrected chi connectivity index (χ2v) is 11.3. The summed E-state index contributed by atoms with van der Waals surface area (Å²) in [5.74, 6) is -0.215. The van der Waals surface area contributed by atoms with Crippen LogP contribution in [0.25, 0.3) is 11.1 Å². The molecule has 0 atom stereocenters. The van der Waals surface area contributed by atoms with Gasteiger partial charge in [0.25, 0.3) is 17.7 Å². The summed E-state index contributed by atoms with van der Waals surface area (Å²) in [5, 5.41) is 11.7. The third-order valence-electron chi connectivity index (χ3n) is 8.21. The summed E-state index contributed by atoms with van der Waals surface area (Å²) in [4.78, 5) is 43.9. The number of hydrogen-bond donors (Lipinski definition) is 2. The van der Waals surface area contributed by atoms with E-state index >= 15 is 0 Å². The number of halogens is 1. The summed E-state index contributed by atoms with van der Waals surface area (Å²) in [5.41, 5.74) is 5.42. The third kappa shape index (κ3) is 5.07. The van der Waals surface area contributed by atoms with Gasteiger partial charge in [-0.3, -0.25) is 19.1 Å². The molecule has 3 aliphatic heterocycles. The fraction of sp³-hybridized carbons (Fsp3) is 0.367. The van der Waals surface area contributed by atoms with E-state index in [1.165, 1.54) is 0 Å². The van der Waals surface area contributed by atoms with Gasteiger partial charge < -0.3 is 25.2 Å². The first kappa shape index (κ1) is 26.4. The summed E-state index contributed by atoms with van der Waals surface area (Å²) >= 11 is 6.62. The lowest BCUT2D eigenvalue weighted by Crippen LogP contribution is -2.56. The van der Waals surface area contributed by atoms with Crippen LogP contribution in [-0.2, 0) is 0 Å². The number of rotatable bonds is 5. The highest BCUT2D eigenvalue weighted by molar-refractivity contribution is 6.33. The first-order valence-corrected chi connectivity index (χ1v) is 14.1. The molecule has 3 aliphatic rings. The van der Waals surface area contributed by atoms with Crippen LogP contribution < -0.4 is 5.43 Å². The number of carbonyl (C=O) groups is 3. The fourth-order valence-electron chi connectivity index (χ4n) is 5.82. The Morgan fingerprint density at radius 2 is 1.55 bits per heavy atom. The predicted molar refractivity (Wildman–Crippen MR) is 152 cm³/mol. The lowest BCUT2D eigenvalue weighted by atomic mass is 9.90. The number of nitrogens with one attached hydrogen (secondary N) is 1. The first-order valence-electron chi connectivity index (χ1n) is 13.7. The molecule has 0 radical (unpaired) electrons. The molecule has 3 aromatic rings. The van der Waals surface area contributed by atoms with Gasteiger partial charge in [-0.25, -0.2) is 0 Å². The van der Waals surface area contributed by atoms with Crippen molar-refractivity contribution in [2.45, 2.75) is 31.3 Å². The summed E-state index contributed by atoms with van der Waals surface area (Å²) in [7, 11) is 0. The maximum atomic E-state index is 13.3. The van der Waals surface area contributed by atoms with E-state index in [1.54, 1.807) is 44.9 Å². The molecule has 0 unspecified atom stereocenters. The van der Waals surface area contributed by atoms with E-state index < -0.39 is 5.60 Å². The number of likely N-dealkylation sites (tertiary alicyclic amines) is 2. The molecule has 0 aliphatic carbocycles. The van der Waals surface area contributed by atoms with E-state index in [9.17, 15) is 19.5 Å².